The number of aromatic nitrogens is 1. The van der Waals surface area contributed by atoms with E-state index in [1.807, 2.05) is 27.0 Å². The second kappa shape index (κ2) is 8.30. The minimum Gasteiger partial charge on any atom is -0.494 e. The van der Waals surface area contributed by atoms with Gasteiger partial charge in [0, 0.05) is 31.7 Å². The van der Waals surface area contributed by atoms with Crippen molar-refractivity contribution in [1.29, 1.82) is 0 Å². The van der Waals surface area contributed by atoms with Crippen molar-refractivity contribution in [2.45, 2.75) is 44.9 Å². The number of alkyl halides is 3. The van der Waals surface area contributed by atoms with Crippen LogP contribution in [-0.2, 0) is 18.3 Å². The minimum atomic E-state index is -4.46. The van der Waals surface area contributed by atoms with Gasteiger partial charge in [0.25, 0.3) is 5.91 Å². The molecule has 5 nitrogen and oxygen atoms in total. The molecule has 0 bridgehead atoms. The normalized spacial score (nSPS) is 18.7. The van der Waals surface area contributed by atoms with Crippen LogP contribution in [0.5, 0.6) is 5.75 Å². The molecule has 0 atom stereocenters. The molecular weight excluding hydrogens is 443 g/mol. The number of piperidine rings is 1. The van der Waals surface area contributed by atoms with Crippen LogP contribution in [0.25, 0.3) is 0 Å². The first-order valence-electron chi connectivity index (χ1n) is 10.8. The number of halogens is 4. The van der Waals surface area contributed by atoms with E-state index in [0.29, 0.717) is 50.3 Å². The summed E-state index contributed by atoms with van der Waals surface area (Å²) in [5.41, 5.74) is 0.671. The SMILES string of the molecule is CCOc1ccc(C(=O)N2CCC3(CC2)c2c(Cl)cc(C(F)(F)F)n2CCN3C)cc1C. The van der Waals surface area contributed by atoms with E-state index < -0.39 is 17.4 Å². The van der Waals surface area contributed by atoms with E-state index in [1.165, 1.54) is 4.57 Å². The number of hydrogen-bond donors (Lipinski definition) is 0. The summed E-state index contributed by atoms with van der Waals surface area (Å²) >= 11 is 6.37. The minimum absolute atomic E-state index is 0.0816. The highest BCUT2D eigenvalue weighted by Crippen LogP contribution is 2.47. The van der Waals surface area contributed by atoms with Crippen LogP contribution in [-0.4, -0.2) is 53.6 Å². The van der Waals surface area contributed by atoms with Gasteiger partial charge in [-0.05, 0) is 63.6 Å². The summed E-state index contributed by atoms with van der Waals surface area (Å²) in [5, 5.41) is 0.144. The van der Waals surface area contributed by atoms with Crippen molar-refractivity contribution >= 4 is 17.5 Å². The van der Waals surface area contributed by atoms with E-state index in [-0.39, 0.29) is 17.5 Å². The highest BCUT2D eigenvalue weighted by molar-refractivity contribution is 6.31. The average Bonchev–Trinajstić information content (AvgIpc) is 3.10. The third kappa shape index (κ3) is 3.77. The van der Waals surface area contributed by atoms with Gasteiger partial charge in [0.05, 0.1) is 22.9 Å². The molecule has 0 aliphatic carbocycles. The number of carbonyl (C=O) groups excluding carboxylic acids is 1. The molecular formula is C23H27ClF3N3O2. The molecule has 0 unspecified atom stereocenters. The molecule has 174 valence electrons. The number of benzene rings is 1. The van der Waals surface area contributed by atoms with Crippen LogP contribution in [0.2, 0.25) is 5.02 Å². The highest BCUT2D eigenvalue weighted by Gasteiger charge is 2.49. The number of hydrogen-bond acceptors (Lipinski definition) is 3. The van der Waals surface area contributed by atoms with Crippen LogP contribution >= 0.6 is 11.6 Å². The van der Waals surface area contributed by atoms with Gasteiger partial charge < -0.3 is 14.2 Å². The van der Waals surface area contributed by atoms with Crippen LogP contribution in [0.15, 0.2) is 24.3 Å². The lowest BCUT2D eigenvalue weighted by Crippen LogP contribution is -2.57. The zero-order chi connectivity index (χ0) is 23.3. The molecule has 0 radical (unpaired) electrons. The van der Waals surface area contributed by atoms with E-state index in [0.717, 1.165) is 17.4 Å². The van der Waals surface area contributed by atoms with Crippen molar-refractivity contribution < 1.29 is 22.7 Å². The van der Waals surface area contributed by atoms with Crippen molar-refractivity contribution in [2.24, 2.45) is 0 Å². The number of fused-ring (bicyclic) bond motifs is 2. The number of rotatable bonds is 3. The maximum absolute atomic E-state index is 13.6. The fraction of sp³-hybridized carbons (Fsp3) is 0.522. The van der Waals surface area contributed by atoms with Crippen LogP contribution in [0.4, 0.5) is 13.2 Å². The zero-order valence-electron chi connectivity index (χ0n) is 18.4. The predicted molar refractivity (Wildman–Crippen MR) is 116 cm³/mol. The Labute approximate surface area is 190 Å². The fourth-order valence-electron chi connectivity index (χ4n) is 5.08. The Hall–Kier alpha value is -2.19. The number of likely N-dealkylation sites (tertiary alicyclic amines) is 1. The van der Waals surface area contributed by atoms with E-state index in [1.54, 1.807) is 17.0 Å². The first kappa shape index (κ1) is 23.0. The lowest BCUT2D eigenvalue weighted by molar-refractivity contribution is -0.144. The molecule has 0 saturated carbocycles. The molecule has 32 heavy (non-hydrogen) atoms. The van der Waals surface area contributed by atoms with E-state index in [4.69, 9.17) is 16.3 Å². The number of carbonyl (C=O) groups is 1. The van der Waals surface area contributed by atoms with E-state index >= 15 is 0 Å². The summed E-state index contributed by atoms with van der Waals surface area (Å²) in [6.45, 7) is 5.98. The van der Waals surface area contributed by atoms with E-state index in [9.17, 15) is 18.0 Å². The molecule has 1 amide bonds. The molecule has 1 fully saturated rings. The van der Waals surface area contributed by atoms with Gasteiger partial charge in [0.1, 0.15) is 11.4 Å². The number of nitrogens with zero attached hydrogens (tertiary/aromatic N) is 3. The molecule has 0 N–H and O–H groups in total. The maximum Gasteiger partial charge on any atom is 0.431 e. The molecule has 2 aliphatic heterocycles. The molecule has 1 saturated heterocycles. The molecule has 1 spiro atoms. The molecule has 3 heterocycles. The van der Waals surface area contributed by atoms with Crippen molar-refractivity contribution in [3.05, 3.63) is 51.8 Å². The molecule has 1 aromatic carbocycles. The van der Waals surface area contributed by atoms with Gasteiger partial charge >= 0.3 is 6.18 Å². The Kier molecular flexibility index (Phi) is 5.96. The van der Waals surface area contributed by atoms with E-state index in [2.05, 4.69) is 4.90 Å². The Balaban J connectivity index is 1.58. The van der Waals surface area contributed by atoms with Gasteiger partial charge in [-0.25, -0.2) is 0 Å². The summed E-state index contributed by atoms with van der Waals surface area (Å²) in [6, 6.07) is 6.42. The zero-order valence-corrected chi connectivity index (χ0v) is 19.2. The summed E-state index contributed by atoms with van der Waals surface area (Å²) < 4.78 is 47.5. The third-order valence-corrected chi connectivity index (χ3v) is 7.06. The second-order valence-electron chi connectivity index (χ2n) is 8.53. The molecule has 4 rings (SSSR count). The van der Waals surface area contributed by atoms with Gasteiger partial charge in [-0.1, -0.05) is 11.6 Å². The Morgan fingerprint density at radius 2 is 1.84 bits per heavy atom. The Morgan fingerprint density at radius 1 is 1.16 bits per heavy atom. The standard InChI is InChI=1S/C23H27ClF3N3O2/c1-4-32-18-6-5-16(13-15(18)2)21(31)29-9-7-22(8-10-29)20-17(24)14-19(23(25,26)27)30(20)12-11-28(22)3/h5-6,13-14H,4,7-12H2,1-3H3. The molecule has 2 aliphatic rings. The number of aryl methyl sites for hydroxylation is 1. The monoisotopic (exact) mass is 469 g/mol. The Morgan fingerprint density at radius 3 is 2.44 bits per heavy atom. The predicted octanol–water partition coefficient (Wildman–Crippen LogP) is 4.94. The summed E-state index contributed by atoms with van der Waals surface area (Å²) in [6.07, 6.45) is -3.42. The van der Waals surface area contributed by atoms with Gasteiger partial charge in [-0.15, -0.1) is 0 Å². The van der Waals surface area contributed by atoms with Crippen LogP contribution in [0.1, 0.15) is 47.1 Å². The number of likely N-dealkylation sites (N-methyl/N-ethyl adjacent to an activating group) is 1. The van der Waals surface area contributed by atoms with Crippen LogP contribution in [0, 0.1) is 6.92 Å². The van der Waals surface area contributed by atoms with Crippen LogP contribution < -0.4 is 4.74 Å². The largest absolute Gasteiger partial charge is 0.494 e. The summed E-state index contributed by atoms with van der Waals surface area (Å²) in [5.74, 6) is 0.670. The Bertz CT molecular complexity index is 1030. The first-order chi connectivity index (χ1) is 15.1. The smallest absolute Gasteiger partial charge is 0.431 e. The lowest BCUT2D eigenvalue weighted by atomic mass is 9.81. The van der Waals surface area contributed by atoms with Crippen molar-refractivity contribution in [1.82, 2.24) is 14.4 Å². The topological polar surface area (TPSA) is 37.7 Å². The van der Waals surface area contributed by atoms with Crippen molar-refractivity contribution in [3.63, 3.8) is 0 Å². The molecule has 9 heteroatoms. The van der Waals surface area contributed by atoms with Crippen molar-refractivity contribution in [2.75, 3.05) is 33.3 Å². The lowest BCUT2D eigenvalue weighted by Gasteiger charge is -2.50. The fourth-order valence-corrected chi connectivity index (χ4v) is 5.46. The van der Waals surface area contributed by atoms with Gasteiger partial charge in [-0.2, -0.15) is 13.2 Å². The number of amides is 1. The second-order valence-corrected chi connectivity index (χ2v) is 8.94. The maximum atomic E-state index is 13.6. The van der Waals surface area contributed by atoms with Crippen molar-refractivity contribution in [3.8, 4) is 5.75 Å². The third-order valence-electron chi connectivity index (χ3n) is 6.77. The number of ether oxygens (including phenoxy) is 1. The first-order valence-corrected chi connectivity index (χ1v) is 11.2. The highest BCUT2D eigenvalue weighted by atomic mass is 35.5. The van der Waals surface area contributed by atoms with Gasteiger partial charge in [0.15, 0.2) is 0 Å². The quantitative estimate of drug-likeness (QED) is 0.638. The van der Waals surface area contributed by atoms with Gasteiger partial charge in [-0.3, -0.25) is 9.69 Å². The average molecular weight is 470 g/mol. The summed E-state index contributed by atoms with van der Waals surface area (Å²) in [7, 11) is 1.92. The molecule has 1 aromatic heterocycles. The molecule has 2 aromatic rings. The van der Waals surface area contributed by atoms with Crippen LogP contribution in [0.3, 0.4) is 0 Å². The summed E-state index contributed by atoms with van der Waals surface area (Å²) in [4.78, 5) is 17.0. The van der Waals surface area contributed by atoms with Gasteiger partial charge in [0.2, 0.25) is 0 Å².